The molecule has 1 fully saturated rings. The second-order valence-electron chi connectivity index (χ2n) is 10.1. The van der Waals surface area contributed by atoms with Crippen molar-refractivity contribution in [3.05, 3.63) is 89.9 Å². The molecule has 4 aromatic rings. The van der Waals surface area contributed by atoms with Crippen LogP contribution < -0.4 is 20.1 Å². The molecule has 0 radical (unpaired) electrons. The second kappa shape index (κ2) is 12.2. The van der Waals surface area contributed by atoms with E-state index in [0.29, 0.717) is 49.8 Å². The lowest BCUT2D eigenvalue weighted by Crippen LogP contribution is -2.48. The monoisotopic (exact) mass is 544 g/mol. The molecule has 1 aromatic heterocycles. The molecule has 0 saturated carbocycles. The normalized spacial score (nSPS) is 17.4. The van der Waals surface area contributed by atoms with Gasteiger partial charge in [-0.3, -0.25) is 14.5 Å². The number of nitrogens with one attached hydrogen (secondary N) is 3. The van der Waals surface area contributed by atoms with Gasteiger partial charge in [-0.05, 0) is 60.0 Å². The van der Waals surface area contributed by atoms with Crippen LogP contribution in [-0.2, 0) is 22.7 Å². The number of aromatic amines is 1. The average molecular weight is 545 g/mol. The van der Waals surface area contributed by atoms with Gasteiger partial charge in [0.2, 0.25) is 11.8 Å². The van der Waals surface area contributed by atoms with Crippen LogP contribution >= 0.6 is 0 Å². The summed E-state index contributed by atoms with van der Waals surface area (Å²) in [4.78, 5) is 32.2. The van der Waals surface area contributed by atoms with Gasteiger partial charge in [-0.1, -0.05) is 24.3 Å². The molecular formula is C31H33FN4O4. The number of carbonyl (C=O) groups is 2. The molecule has 1 saturated heterocycles. The minimum Gasteiger partial charge on any atom is -0.493 e. The van der Waals surface area contributed by atoms with Gasteiger partial charge in [-0.2, -0.15) is 0 Å². The summed E-state index contributed by atoms with van der Waals surface area (Å²) in [6.07, 6.45) is 2.40. The molecular weight excluding hydrogens is 511 g/mol. The lowest BCUT2D eigenvalue weighted by atomic mass is 9.87. The van der Waals surface area contributed by atoms with E-state index in [1.165, 1.54) is 24.3 Å². The van der Waals surface area contributed by atoms with Gasteiger partial charge in [-0.15, -0.1) is 0 Å². The molecule has 5 rings (SSSR count). The van der Waals surface area contributed by atoms with Crippen molar-refractivity contribution >= 4 is 28.4 Å². The summed E-state index contributed by atoms with van der Waals surface area (Å²) in [5.41, 5.74) is 3.56. The predicted octanol–water partition coefficient (Wildman–Crippen LogP) is 4.72. The van der Waals surface area contributed by atoms with Gasteiger partial charge in [0.25, 0.3) is 0 Å². The lowest BCUT2D eigenvalue weighted by Gasteiger charge is -2.36. The number of fused-ring (bicyclic) bond motifs is 1. The molecule has 2 atom stereocenters. The number of halogens is 1. The minimum atomic E-state index is -0.416. The summed E-state index contributed by atoms with van der Waals surface area (Å²) in [6, 6.07) is 19.3. The first-order chi connectivity index (χ1) is 19.4. The smallest absolute Gasteiger partial charge is 0.228 e. The number of piperidine rings is 1. The van der Waals surface area contributed by atoms with E-state index < -0.39 is 5.92 Å². The summed E-state index contributed by atoms with van der Waals surface area (Å²) < 4.78 is 24.0. The number of amides is 2. The van der Waals surface area contributed by atoms with Gasteiger partial charge in [0.15, 0.2) is 11.5 Å². The third kappa shape index (κ3) is 6.26. The Hall–Kier alpha value is -4.37. The lowest BCUT2D eigenvalue weighted by molar-refractivity contribution is -0.130. The number of anilines is 1. The number of benzene rings is 3. The standard InChI is InChI=1S/C31H33FN4O4/c1-39-28-12-7-20(13-29(28)40-2)15-34-30(37)21-14-22(31(38)35-25-10-8-24(32)9-11-25)18-36(17-21)19-23-16-33-27-6-4-3-5-26(23)27/h3-13,16,21-22,33H,14-15,17-19H2,1-2H3,(H,34,37)(H,35,38)/t21-,22+/m0/s1. The number of aromatic nitrogens is 1. The summed E-state index contributed by atoms with van der Waals surface area (Å²) in [5, 5.41) is 7.05. The van der Waals surface area contributed by atoms with Crippen molar-refractivity contribution in [1.82, 2.24) is 15.2 Å². The molecule has 9 heteroatoms. The molecule has 1 aliphatic heterocycles. The van der Waals surface area contributed by atoms with Crippen LogP contribution in [0.15, 0.2) is 72.9 Å². The first-order valence-corrected chi connectivity index (χ1v) is 13.3. The van der Waals surface area contributed by atoms with Crippen LogP contribution in [0, 0.1) is 17.7 Å². The van der Waals surface area contributed by atoms with Crippen LogP contribution in [0.1, 0.15) is 17.5 Å². The first-order valence-electron chi connectivity index (χ1n) is 13.3. The Labute approximate surface area is 232 Å². The minimum absolute atomic E-state index is 0.113. The predicted molar refractivity (Wildman–Crippen MR) is 152 cm³/mol. The van der Waals surface area contributed by atoms with Crippen LogP contribution in [0.2, 0.25) is 0 Å². The number of methoxy groups -OCH3 is 2. The Morgan fingerprint density at radius 1 is 0.950 bits per heavy atom. The van der Waals surface area contributed by atoms with Crippen LogP contribution in [0.3, 0.4) is 0 Å². The van der Waals surface area contributed by atoms with Crippen molar-refractivity contribution in [3.8, 4) is 11.5 Å². The number of rotatable bonds is 9. The quantitative estimate of drug-likeness (QED) is 0.284. The van der Waals surface area contributed by atoms with E-state index in [1.807, 2.05) is 36.5 Å². The molecule has 208 valence electrons. The number of hydrogen-bond donors (Lipinski definition) is 3. The molecule has 3 aromatic carbocycles. The number of para-hydroxylation sites is 1. The van der Waals surface area contributed by atoms with E-state index >= 15 is 0 Å². The van der Waals surface area contributed by atoms with Crippen molar-refractivity contribution in [2.24, 2.45) is 11.8 Å². The maximum atomic E-state index is 13.4. The zero-order valence-corrected chi connectivity index (χ0v) is 22.6. The van der Waals surface area contributed by atoms with Crippen molar-refractivity contribution in [3.63, 3.8) is 0 Å². The SMILES string of the molecule is COc1ccc(CNC(=O)[C@H]2C[C@@H](C(=O)Nc3ccc(F)cc3)CN(Cc3c[nH]c4ccccc34)C2)cc1OC. The van der Waals surface area contributed by atoms with Crippen LogP contribution in [0.25, 0.3) is 10.9 Å². The third-order valence-electron chi connectivity index (χ3n) is 7.36. The Kier molecular flexibility index (Phi) is 8.31. The number of nitrogens with zero attached hydrogens (tertiary/aromatic N) is 1. The summed E-state index contributed by atoms with van der Waals surface area (Å²) in [5.74, 6) is -0.260. The van der Waals surface area contributed by atoms with Gasteiger partial charge in [0.05, 0.1) is 26.1 Å². The van der Waals surface area contributed by atoms with Crippen LogP contribution in [0.5, 0.6) is 11.5 Å². The number of H-pyrrole nitrogens is 1. The number of carbonyl (C=O) groups excluding carboxylic acids is 2. The van der Waals surface area contributed by atoms with Crippen molar-refractivity contribution in [2.45, 2.75) is 19.5 Å². The van der Waals surface area contributed by atoms with Gasteiger partial charge < -0.3 is 25.1 Å². The van der Waals surface area contributed by atoms with E-state index in [0.717, 1.165) is 22.0 Å². The van der Waals surface area contributed by atoms with E-state index in [4.69, 9.17) is 9.47 Å². The molecule has 40 heavy (non-hydrogen) atoms. The Morgan fingerprint density at radius 3 is 2.42 bits per heavy atom. The Bertz CT molecular complexity index is 1490. The van der Waals surface area contributed by atoms with Crippen molar-refractivity contribution < 1.29 is 23.5 Å². The highest BCUT2D eigenvalue weighted by atomic mass is 19.1. The third-order valence-corrected chi connectivity index (χ3v) is 7.36. The van der Waals surface area contributed by atoms with E-state index in [1.54, 1.807) is 20.3 Å². The summed E-state index contributed by atoms with van der Waals surface area (Å²) in [6.45, 7) is 1.96. The highest BCUT2D eigenvalue weighted by Gasteiger charge is 2.35. The Balaban J connectivity index is 1.31. The molecule has 0 unspecified atom stereocenters. The summed E-state index contributed by atoms with van der Waals surface area (Å²) >= 11 is 0. The highest BCUT2D eigenvalue weighted by Crippen LogP contribution is 2.29. The van der Waals surface area contributed by atoms with Gasteiger partial charge in [0, 0.05) is 49.0 Å². The molecule has 1 aliphatic rings. The van der Waals surface area contributed by atoms with Gasteiger partial charge in [-0.25, -0.2) is 4.39 Å². The molecule has 2 heterocycles. The molecule has 8 nitrogen and oxygen atoms in total. The summed E-state index contributed by atoms with van der Waals surface area (Å²) in [7, 11) is 3.15. The topological polar surface area (TPSA) is 95.7 Å². The molecule has 2 amide bonds. The molecule has 0 bridgehead atoms. The zero-order valence-electron chi connectivity index (χ0n) is 22.6. The number of likely N-dealkylation sites (tertiary alicyclic amines) is 1. The van der Waals surface area contributed by atoms with E-state index in [9.17, 15) is 14.0 Å². The molecule has 3 N–H and O–H groups in total. The average Bonchev–Trinajstić information content (AvgIpc) is 3.39. The zero-order chi connectivity index (χ0) is 28.1. The maximum Gasteiger partial charge on any atom is 0.228 e. The second-order valence-corrected chi connectivity index (χ2v) is 10.1. The van der Waals surface area contributed by atoms with Crippen molar-refractivity contribution in [2.75, 3.05) is 32.6 Å². The van der Waals surface area contributed by atoms with Gasteiger partial charge >= 0.3 is 0 Å². The van der Waals surface area contributed by atoms with Crippen LogP contribution in [0.4, 0.5) is 10.1 Å². The molecule has 0 spiro atoms. The highest BCUT2D eigenvalue weighted by molar-refractivity contribution is 5.93. The first kappa shape index (κ1) is 27.2. The number of ether oxygens (including phenoxy) is 2. The fourth-order valence-corrected chi connectivity index (χ4v) is 5.30. The van der Waals surface area contributed by atoms with Gasteiger partial charge in [0.1, 0.15) is 5.82 Å². The van der Waals surface area contributed by atoms with E-state index in [-0.39, 0.29) is 23.5 Å². The van der Waals surface area contributed by atoms with Crippen LogP contribution in [-0.4, -0.2) is 49.0 Å². The van der Waals surface area contributed by atoms with E-state index in [2.05, 4.69) is 26.6 Å². The fourth-order valence-electron chi connectivity index (χ4n) is 5.30. The Morgan fingerprint density at radius 2 is 1.68 bits per heavy atom. The largest absolute Gasteiger partial charge is 0.493 e. The maximum absolute atomic E-state index is 13.4. The molecule has 0 aliphatic carbocycles. The number of hydrogen-bond acceptors (Lipinski definition) is 5. The van der Waals surface area contributed by atoms with Crippen molar-refractivity contribution in [1.29, 1.82) is 0 Å². The fraction of sp³-hybridized carbons (Fsp3) is 0.290.